The lowest BCUT2D eigenvalue weighted by atomic mass is 10.1. The summed E-state index contributed by atoms with van der Waals surface area (Å²) in [7, 11) is 5.40. The van der Waals surface area contributed by atoms with Crippen molar-refractivity contribution in [2.24, 2.45) is 7.05 Å². The smallest absolute Gasteiger partial charge is 0.150 e. The van der Waals surface area contributed by atoms with Crippen molar-refractivity contribution in [1.29, 1.82) is 0 Å². The zero-order chi connectivity index (χ0) is 28.3. The minimum Gasteiger partial charge on any atom is -0.497 e. The molecule has 6 rings (SSSR count). The third kappa shape index (κ3) is 5.06. The van der Waals surface area contributed by atoms with Gasteiger partial charge in [-0.1, -0.05) is 30.4 Å². The van der Waals surface area contributed by atoms with Gasteiger partial charge in [-0.15, -0.1) is 0 Å². The maximum absolute atomic E-state index is 11.4. The molecule has 0 spiro atoms. The fraction of sp³-hybridized carbons (Fsp3) is 0.0833. The summed E-state index contributed by atoms with van der Waals surface area (Å²) < 4.78 is 12.9. The predicted octanol–water partition coefficient (Wildman–Crippen LogP) is 8.80. The van der Waals surface area contributed by atoms with Crippen LogP contribution < -0.4 is 14.4 Å². The molecule has 0 aliphatic carbocycles. The molecule has 6 aromatic rings. The van der Waals surface area contributed by atoms with Crippen LogP contribution in [0, 0.1) is 0 Å². The molecule has 0 N–H and O–H groups in total. The van der Waals surface area contributed by atoms with Gasteiger partial charge in [0.15, 0.2) is 0 Å². The van der Waals surface area contributed by atoms with Gasteiger partial charge in [-0.3, -0.25) is 4.79 Å². The van der Waals surface area contributed by atoms with Gasteiger partial charge in [0, 0.05) is 51.5 Å². The maximum Gasteiger partial charge on any atom is 0.150 e. The van der Waals surface area contributed by atoms with Crippen molar-refractivity contribution in [2.45, 2.75) is 0 Å². The molecule has 41 heavy (non-hydrogen) atoms. The highest BCUT2D eigenvalue weighted by Gasteiger charge is 2.13. The monoisotopic (exact) mass is 538 g/mol. The van der Waals surface area contributed by atoms with E-state index in [2.05, 4.69) is 95.4 Å². The summed E-state index contributed by atoms with van der Waals surface area (Å²) in [5.74, 6) is 1.63. The van der Waals surface area contributed by atoms with Gasteiger partial charge in [0.05, 0.1) is 14.2 Å². The van der Waals surface area contributed by atoms with Gasteiger partial charge in [-0.05, 0) is 102 Å². The summed E-state index contributed by atoms with van der Waals surface area (Å²) in [4.78, 5) is 13.6. The van der Waals surface area contributed by atoms with Crippen LogP contribution in [0.2, 0.25) is 0 Å². The van der Waals surface area contributed by atoms with Crippen molar-refractivity contribution in [3.05, 3.63) is 126 Å². The molecule has 5 heteroatoms. The molecule has 0 fully saturated rings. The first-order chi connectivity index (χ1) is 20.1. The largest absolute Gasteiger partial charge is 0.497 e. The Morgan fingerprint density at radius 1 is 0.561 bits per heavy atom. The number of benzene rings is 5. The van der Waals surface area contributed by atoms with E-state index in [-0.39, 0.29) is 0 Å². The number of carbonyl (C=O) groups is 1. The summed E-state index contributed by atoms with van der Waals surface area (Å²) in [6, 6.07) is 36.9. The van der Waals surface area contributed by atoms with Crippen molar-refractivity contribution in [3.8, 4) is 11.5 Å². The minimum atomic E-state index is 0.685. The van der Waals surface area contributed by atoms with Crippen LogP contribution in [-0.2, 0) is 7.05 Å². The highest BCUT2D eigenvalue weighted by molar-refractivity contribution is 6.10. The fourth-order valence-electron chi connectivity index (χ4n) is 5.27. The van der Waals surface area contributed by atoms with Crippen molar-refractivity contribution in [1.82, 2.24) is 4.57 Å². The van der Waals surface area contributed by atoms with Gasteiger partial charge < -0.3 is 18.9 Å². The lowest BCUT2D eigenvalue weighted by Crippen LogP contribution is -2.09. The second-order valence-corrected chi connectivity index (χ2v) is 9.89. The van der Waals surface area contributed by atoms with E-state index in [9.17, 15) is 4.79 Å². The number of aryl methyl sites for hydroxylation is 1. The van der Waals surface area contributed by atoms with Crippen LogP contribution in [0.5, 0.6) is 11.5 Å². The molecular weight excluding hydrogens is 508 g/mol. The molecule has 0 aliphatic rings. The van der Waals surface area contributed by atoms with Crippen LogP contribution in [0.4, 0.5) is 17.1 Å². The summed E-state index contributed by atoms with van der Waals surface area (Å²) in [6.45, 7) is 0. The van der Waals surface area contributed by atoms with E-state index in [0.717, 1.165) is 67.8 Å². The Morgan fingerprint density at radius 2 is 0.976 bits per heavy atom. The molecule has 0 saturated heterocycles. The Balaban J connectivity index is 1.31. The van der Waals surface area contributed by atoms with Gasteiger partial charge in [-0.25, -0.2) is 0 Å². The first-order valence-electron chi connectivity index (χ1n) is 13.4. The number of methoxy groups -OCH3 is 2. The fourth-order valence-corrected chi connectivity index (χ4v) is 5.27. The molecular formula is C36H30N2O3. The standard InChI is InChI=1S/C36H30N2O3/c1-37-35-20-8-26(22-33(35)34-23-27(24-39)9-21-36(34)37)5-4-25-6-10-28(11-7-25)38(29-12-16-31(40-2)17-13-29)30-14-18-32(41-3)19-15-30/h4-24H,1-3H3/b5-4+. The molecule has 0 atom stereocenters. The van der Waals surface area contributed by atoms with Crippen molar-refractivity contribution in [3.63, 3.8) is 0 Å². The Morgan fingerprint density at radius 3 is 1.46 bits per heavy atom. The van der Waals surface area contributed by atoms with E-state index >= 15 is 0 Å². The molecule has 1 heterocycles. The SMILES string of the molecule is COc1ccc(N(c2ccc(/C=C/c3ccc4c(c3)c3cc(C=O)ccc3n4C)cc2)c2ccc(OC)cc2)cc1. The van der Waals surface area contributed by atoms with E-state index in [0.29, 0.717) is 5.56 Å². The molecule has 0 aliphatic heterocycles. The van der Waals surface area contributed by atoms with Gasteiger partial charge in [0.25, 0.3) is 0 Å². The molecule has 0 amide bonds. The number of fused-ring (bicyclic) bond motifs is 3. The topological polar surface area (TPSA) is 43.7 Å². The molecule has 0 unspecified atom stereocenters. The van der Waals surface area contributed by atoms with Crippen molar-refractivity contribution in [2.75, 3.05) is 19.1 Å². The Kier molecular flexibility index (Phi) is 7.00. The van der Waals surface area contributed by atoms with E-state index in [1.165, 1.54) is 0 Å². The summed E-state index contributed by atoms with van der Waals surface area (Å²) in [6.07, 6.45) is 5.15. The average Bonchev–Trinajstić information content (AvgIpc) is 3.31. The molecule has 202 valence electrons. The van der Waals surface area contributed by atoms with E-state index in [4.69, 9.17) is 9.47 Å². The number of ether oxygens (including phenoxy) is 2. The van der Waals surface area contributed by atoms with Gasteiger partial charge in [-0.2, -0.15) is 0 Å². The molecule has 5 aromatic carbocycles. The molecule has 0 bridgehead atoms. The highest BCUT2D eigenvalue weighted by atomic mass is 16.5. The Hall–Kier alpha value is -5.29. The second kappa shape index (κ2) is 11.1. The van der Waals surface area contributed by atoms with Gasteiger partial charge in [0.1, 0.15) is 17.8 Å². The van der Waals surface area contributed by atoms with Crippen molar-refractivity contribution >= 4 is 57.3 Å². The average molecular weight is 539 g/mol. The molecule has 0 saturated carbocycles. The normalized spacial score (nSPS) is 11.3. The summed E-state index contributed by atoms with van der Waals surface area (Å²) in [5, 5.41) is 2.22. The van der Waals surface area contributed by atoms with Crippen molar-refractivity contribution < 1.29 is 14.3 Å². The van der Waals surface area contributed by atoms with Gasteiger partial charge in [0.2, 0.25) is 0 Å². The molecule has 1 aromatic heterocycles. The maximum atomic E-state index is 11.4. The quantitative estimate of drug-likeness (QED) is 0.143. The predicted molar refractivity (Wildman–Crippen MR) is 169 cm³/mol. The number of anilines is 3. The Labute approximate surface area is 239 Å². The summed E-state index contributed by atoms with van der Waals surface area (Å²) in [5.41, 5.74) is 8.23. The van der Waals surface area contributed by atoms with Crippen LogP contribution in [0.15, 0.2) is 109 Å². The zero-order valence-electron chi connectivity index (χ0n) is 23.2. The van der Waals surface area contributed by atoms with Crippen LogP contribution in [-0.4, -0.2) is 25.1 Å². The number of carbonyl (C=O) groups excluding carboxylic acids is 1. The molecule has 5 nitrogen and oxygen atoms in total. The highest BCUT2D eigenvalue weighted by Crippen LogP contribution is 2.36. The zero-order valence-corrected chi connectivity index (χ0v) is 23.2. The number of rotatable bonds is 8. The lowest BCUT2D eigenvalue weighted by Gasteiger charge is -2.26. The van der Waals surface area contributed by atoms with Crippen LogP contribution in [0.1, 0.15) is 21.5 Å². The summed E-state index contributed by atoms with van der Waals surface area (Å²) >= 11 is 0. The third-order valence-corrected chi connectivity index (χ3v) is 7.47. The van der Waals surface area contributed by atoms with E-state index < -0.39 is 0 Å². The van der Waals surface area contributed by atoms with E-state index in [1.54, 1.807) is 14.2 Å². The first kappa shape index (κ1) is 26.0. The number of hydrogen-bond donors (Lipinski definition) is 0. The minimum absolute atomic E-state index is 0.685. The second-order valence-electron chi connectivity index (χ2n) is 9.89. The first-order valence-corrected chi connectivity index (χ1v) is 13.4. The third-order valence-electron chi connectivity index (χ3n) is 7.47. The lowest BCUT2D eigenvalue weighted by molar-refractivity contribution is 0.112. The number of hydrogen-bond acceptors (Lipinski definition) is 4. The number of aldehydes is 1. The van der Waals surface area contributed by atoms with Crippen LogP contribution in [0.25, 0.3) is 34.0 Å². The number of aromatic nitrogens is 1. The van der Waals surface area contributed by atoms with Crippen LogP contribution >= 0.6 is 0 Å². The Bertz CT molecular complexity index is 1820. The van der Waals surface area contributed by atoms with Crippen LogP contribution in [0.3, 0.4) is 0 Å². The van der Waals surface area contributed by atoms with E-state index in [1.807, 2.05) is 42.5 Å². The van der Waals surface area contributed by atoms with Gasteiger partial charge >= 0.3 is 0 Å². The molecule has 0 radical (unpaired) electrons. The number of nitrogens with zero attached hydrogens (tertiary/aromatic N) is 2.